The smallest absolute Gasteiger partial charge is 0.405 e. The van der Waals surface area contributed by atoms with Gasteiger partial charge in [-0.25, -0.2) is 0 Å². The second kappa shape index (κ2) is 6.02. The predicted octanol–water partition coefficient (Wildman–Crippen LogP) is 3.91. The van der Waals surface area contributed by atoms with Crippen molar-refractivity contribution in [2.24, 2.45) is 0 Å². The van der Waals surface area contributed by atoms with Crippen molar-refractivity contribution in [1.82, 2.24) is 0 Å². The number of hydrogen-bond donors (Lipinski definition) is 1. The van der Waals surface area contributed by atoms with Gasteiger partial charge < -0.3 is 19.5 Å². The van der Waals surface area contributed by atoms with Crippen molar-refractivity contribution in [3.8, 4) is 5.75 Å². The summed E-state index contributed by atoms with van der Waals surface area (Å²) in [5.41, 5.74) is 0.647. The zero-order valence-electron chi connectivity index (χ0n) is 11.5. The van der Waals surface area contributed by atoms with Crippen LogP contribution in [0, 0.1) is 0 Å². The van der Waals surface area contributed by atoms with E-state index >= 15 is 0 Å². The monoisotopic (exact) mass is 369 g/mol. The highest BCUT2D eigenvalue weighted by atomic mass is 79.9. The quantitative estimate of drug-likeness (QED) is 0.876. The van der Waals surface area contributed by atoms with Gasteiger partial charge in [-0.05, 0) is 48.0 Å². The highest BCUT2D eigenvalue weighted by molar-refractivity contribution is 9.10. The summed E-state index contributed by atoms with van der Waals surface area (Å²) in [6.07, 6.45) is -4.71. The number of halogens is 4. The highest BCUT2D eigenvalue weighted by Crippen LogP contribution is 2.32. The fourth-order valence-corrected chi connectivity index (χ4v) is 2.27. The molecule has 2 rings (SSSR count). The van der Waals surface area contributed by atoms with Crippen LogP contribution < -0.4 is 10.1 Å². The van der Waals surface area contributed by atoms with Crippen LogP contribution in [0.5, 0.6) is 5.75 Å². The molecule has 1 heterocycles. The summed E-state index contributed by atoms with van der Waals surface area (Å²) in [4.78, 5) is 0. The molecule has 0 radical (unpaired) electrons. The Bertz CT molecular complexity index is 498. The Kier molecular flexibility index (Phi) is 4.69. The van der Waals surface area contributed by atoms with E-state index in [1.165, 1.54) is 18.2 Å². The third kappa shape index (κ3) is 5.05. The van der Waals surface area contributed by atoms with Gasteiger partial charge in [0.15, 0.2) is 5.79 Å². The molecule has 0 atom stereocenters. The summed E-state index contributed by atoms with van der Waals surface area (Å²) in [5, 5.41) is 3.13. The molecular formula is C13H15BrF3NO3. The van der Waals surface area contributed by atoms with Crippen LogP contribution in [0.4, 0.5) is 18.9 Å². The maximum Gasteiger partial charge on any atom is 0.573 e. The molecule has 0 amide bonds. The van der Waals surface area contributed by atoms with E-state index < -0.39 is 12.1 Å². The average molecular weight is 370 g/mol. The summed E-state index contributed by atoms with van der Waals surface area (Å²) in [6, 6.07) is 4.19. The van der Waals surface area contributed by atoms with Gasteiger partial charge in [-0.2, -0.15) is 0 Å². The van der Waals surface area contributed by atoms with Crippen LogP contribution in [0.3, 0.4) is 0 Å². The van der Waals surface area contributed by atoms with Crippen LogP contribution >= 0.6 is 15.9 Å². The molecule has 0 aliphatic carbocycles. The van der Waals surface area contributed by atoms with Gasteiger partial charge in [0.1, 0.15) is 5.75 Å². The van der Waals surface area contributed by atoms with Crippen LogP contribution in [0.1, 0.15) is 13.8 Å². The van der Waals surface area contributed by atoms with Gasteiger partial charge in [-0.3, -0.25) is 0 Å². The molecule has 1 fully saturated rings. The van der Waals surface area contributed by atoms with Crippen molar-refractivity contribution in [1.29, 1.82) is 0 Å². The Morgan fingerprint density at radius 3 is 2.43 bits per heavy atom. The van der Waals surface area contributed by atoms with Gasteiger partial charge >= 0.3 is 6.36 Å². The number of anilines is 1. The fourth-order valence-electron chi connectivity index (χ4n) is 1.81. The molecule has 21 heavy (non-hydrogen) atoms. The van der Waals surface area contributed by atoms with Gasteiger partial charge in [0.25, 0.3) is 0 Å². The van der Waals surface area contributed by atoms with Gasteiger partial charge in [0.2, 0.25) is 0 Å². The molecule has 1 aliphatic heterocycles. The van der Waals surface area contributed by atoms with Gasteiger partial charge in [0, 0.05) is 5.69 Å². The lowest BCUT2D eigenvalue weighted by molar-refractivity contribution is -0.274. The minimum atomic E-state index is -4.71. The van der Waals surface area contributed by atoms with E-state index in [1.54, 1.807) is 0 Å². The van der Waals surface area contributed by atoms with Crippen LogP contribution in [-0.4, -0.2) is 31.4 Å². The first kappa shape index (κ1) is 16.4. The SMILES string of the molecule is CC1(C)OCC(Nc2ccc(OC(F)(F)F)c(Br)c2)CO1. The van der Waals surface area contributed by atoms with Crippen molar-refractivity contribution < 1.29 is 27.4 Å². The molecule has 0 spiro atoms. The molecule has 0 bridgehead atoms. The fraction of sp³-hybridized carbons (Fsp3) is 0.538. The first-order chi connectivity index (χ1) is 9.65. The van der Waals surface area contributed by atoms with E-state index in [0.29, 0.717) is 18.9 Å². The number of alkyl halides is 3. The molecule has 0 saturated carbocycles. The van der Waals surface area contributed by atoms with Crippen LogP contribution in [0.15, 0.2) is 22.7 Å². The molecule has 0 aromatic heterocycles. The van der Waals surface area contributed by atoms with E-state index in [2.05, 4.69) is 26.0 Å². The molecule has 118 valence electrons. The second-order valence-corrected chi connectivity index (χ2v) is 5.91. The maximum absolute atomic E-state index is 12.2. The Morgan fingerprint density at radius 1 is 1.29 bits per heavy atom. The van der Waals surface area contributed by atoms with E-state index in [4.69, 9.17) is 9.47 Å². The van der Waals surface area contributed by atoms with E-state index in [0.717, 1.165) is 0 Å². The number of hydrogen-bond acceptors (Lipinski definition) is 4. The Morgan fingerprint density at radius 2 is 1.90 bits per heavy atom. The minimum Gasteiger partial charge on any atom is -0.405 e. The summed E-state index contributed by atoms with van der Waals surface area (Å²) < 4.78 is 51.6. The van der Waals surface area contributed by atoms with Gasteiger partial charge in [-0.1, -0.05) is 0 Å². The Balaban J connectivity index is 1.98. The summed E-state index contributed by atoms with van der Waals surface area (Å²) in [5.74, 6) is -0.895. The maximum atomic E-state index is 12.2. The molecule has 1 saturated heterocycles. The molecular weight excluding hydrogens is 355 g/mol. The molecule has 1 N–H and O–H groups in total. The zero-order valence-corrected chi connectivity index (χ0v) is 13.0. The van der Waals surface area contributed by atoms with Gasteiger partial charge in [-0.15, -0.1) is 13.2 Å². The zero-order chi connectivity index (χ0) is 15.7. The van der Waals surface area contributed by atoms with Crippen LogP contribution in [0.25, 0.3) is 0 Å². The van der Waals surface area contributed by atoms with Crippen LogP contribution in [0.2, 0.25) is 0 Å². The van der Waals surface area contributed by atoms with Crippen LogP contribution in [-0.2, 0) is 9.47 Å². The lowest BCUT2D eigenvalue weighted by atomic mass is 10.2. The molecule has 1 aliphatic rings. The number of benzene rings is 1. The second-order valence-electron chi connectivity index (χ2n) is 5.06. The average Bonchev–Trinajstić information content (AvgIpc) is 2.34. The topological polar surface area (TPSA) is 39.7 Å². The third-order valence-corrected chi connectivity index (χ3v) is 3.41. The van der Waals surface area contributed by atoms with E-state index in [9.17, 15) is 13.2 Å². The van der Waals surface area contributed by atoms with E-state index in [-0.39, 0.29) is 16.3 Å². The third-order valence-electron chi connectivity index (χ3n) is 2.79. The first-order valence-electron chi connectivity index (χ1n) is 6.24. The van der Waals surface area contributed by atoms with Crippen molar-refractivity contribution >= 4 is 21.6 Å². The molecule has 8 heteroatoms. The lowest BCUT2D eigenvalue weighted by Crippen LogP contribution is -2.45. The first-order valence-corrected chi connectivity index (χ1v) is 7.04. The molecule has 1 aromatic rings. The van der Waals surface area contributed by atoms with Gasteiger partial charge in [0.05, 0.1) is 23.7 Å². The predicted molar refractivity (Wildman–Crippen MR) is 74.2 cm³/mol. The van der Waals surface area contributed by atoms with Crippen molar-refractivity contribution in [3.05, 3.63) is 22.7 Å². The van der Waals surface area contributed by atoms with E-state index in [1.807, 2.05) is 13.8 Å². The Labute approximate surface area is 128 Å². The number of rotatable bonds is 3. The normalized spacial score (nSPS) is 19.3. The number of nitrogens with one attached hydrogen (secondary N) is 1. The summed E-state index contributed by atoms with van der Waals surface area (Å²) in [6.45, 7) is 4.54. The van der Waals surface area contributed by atoms with Crippen molar-refractivity contribution in [2.45, 2.75) is 32.0 Å². The largest absolute Gasteiger partial charge is 0.573 e. The molecule has 4 nitrogen and oxygen atoms in total. The van der Waals surface area contributed by atoms with Crippen molar-refractivity contribution in [2.75, 3.05) is 18.5 Å². The molecule has 0 unspecified atom stereocenters. The molecule has 1 aromatic carbocycles. The lowest BCUT2D eigenvalue weighted by Gasteiger charge is -2.35. The highest BCUT2D eigenvalue weighted by Gasteiger charge is 2.32. The standard InChI is InChI=1S/C13H15BrF3NO3/c1-12(2)19-6-9(7-20-12)18-8-3-4-11(10(14)5-8)21-13(15,16)17/h3-5,9,18H,6-7H2,1-2H3. The van der Waals surface area contributed by atoms with Crippen molar-refractivity contribution in [3.63, 3.8) is 0 Å². The summed E-state index contributed by atoms with van der Waals surface area (Å²) in [7, 11) is 0. The minimum absolute atomic E-state index is 0.0701. The summed E-state index contributed by atoms with van der Waals surface area (Å²) >= 11 is 3.06. The number of ether oxygens (including phenoxy) is 3. The Hall–Kier alpha value is -0.990.